The molecule has 0 aliphatic heterocycles. The fourth-order valence-electron chi connectivity index (χ4n) is 0.250. The number of hydrogen-bond donors (Lipinski definition) is 1. The van der Waals surface area contributed by atoms with E-state index >= 15 is 0 Å². The van der Waals surface area contributed by atoms with Gasteiger partial charge in [0.15, 0.2) is 0 Å². The Bertz CT molecular complexity index is 117. The van der Waals surface area contributed by atoms with Gasteiger partial charge in [-0.15, -0.1) is 0 Å². The van der Waals surface area contributed by atoms with E-state index in [2.05, 4.69) is 19.2 Å². The molecule has 2 nitrogen and oxygen atoms in total. The second-order valence-corrected chi connectivity index (χ2v) is 2.63. The van der Waals surface area contributed by atoms with E-state index in [0.717, 1.165) is 12.8 Å². The molecule has 0 saturated heterocycles. The van der Waals surface area contributed by atoms with Crippen LogP contribution >= 0.6 is 12.2 Å². The Balaban J connectivity index is 0. The summed E-state index contributed by atoms with van der Waals surface area (Å²) in [5.41, 5.74) is 0. The maximum atomic E-state index is 9.70. The van der Waals surface area contributed by atoms with Gasteiger partial charge in [0, 0.05) is 14.0 Å². The topological polar surface area (TPSA) is 29.1 Å². The molecule has 0 fully saturated rings. The van der Waals surface area contributed by atoms with Crippen LogP contribution in [0, 0.1) is 0 Å². The molecule has 0 radical (unpaired) electrons. The molecule has 0 atom stereocenters. The smallest absolute Gasteiger partial charge is 0.216 e. The molecule has 1 N–H and O–H groups in total. The standard InChI is InChI=1S/C5H10S.C3H7NO/c1-3-5(6)4-2;1-3(5)4-2/h3-4H2,1-2H3;1-2H3,(H,4,5). The van der Waals surface area contributed by atoms with Crippen LogP contribution in [0.3, 0.4) is 0 Å². The summed E-state index contributed by atoms with van der Waals surface area (Å²) in [7, 11) is 1.60. The molecule has 0 rings (SSSR count). The van der Waals surface area contributed by atoms with Crippen molar-refractivity contribution in [2.45, 2.75) is 33.6 Å². The van der Waals surface area contributed by atoms with Crippen LogP contribution in [0.15, 0.2) is 0 Å². The lowest BCUT2D eigenvalue weighted by Crippen LogP contribution is -2.11. The second kappa shape index (κ2) is 9.56. The molecule has 0 bridgehead atoms. The lowest BCUT2D eigenvalue weighted by Gasteiger charge is -1.86. The zero-order valence-electron chi connectivity index (χ0n) is 7.73. The average molecular weight is 175 g/mol. The van der Waals surface area contributed by atoms with Gasteiger partial charge in [-0.1, -0.05) is 26.1 Å². The van der Waals surface area contributed by atoms with Crippen LogP contribution in [0.25, 0.3) is 0 Å². The predicted octanol–water partition coefficient (Wildman–Crippen LogP) is 1.93. The number of rotatable bonds is 2. The highest BCUT2D eigenvalue weighted by atomic mass is 32.1. The van der Waals surface area contributed by atoms with Gasteiger partial charge in [0.05, 0.1) is 0 Å². The van der Waals surface area contributed by atoms with Crippen molar-refractivity contribution in [3.8, 4) is 0 Å². The quantitative estimate of drug-likeness (QED) is 0.650. The summed E-state index contributed by atoms with van der Waals surface area (Å²) in [6, 6.07) is 0. The van der Waals surface area contributed by atoms with Crippen LogP contribution in [-0.2, 0) is 4.79 Å². The van der Waals surface area contributed by atoms with Crippen molar-refractivity contribution in [2.24, 2.45) is 0 Å². The first-order valence-electron chi connectivity index (χ1n) is 3.78. The van der Waals surface area contributed by atoms with Crippen LogP contribution in [0.1, 0.15) is 33.6 Å². The Morgan fingerprint density at radius 1 is 1.36 bits per heavy atom. The maximum Gasteiger partial charge on any atom is 0.216 e. The van der Waals surface area contributed by atoms with Gasteiger partial charge < -0.3 is 5.32 Å². The minimum atomic E-state index is 0.00463. The minimum Gasteiger partial charge on any atom is -0.359 e. The van der Waals surface area contributed by atoms with Crippen molar-refractivity contribution in [2.75, 3.05) is 7.05 Å². The average Bonchev–Trinajstić information content (AvgIpc) is 2.04. The molecule has 0 aliphatic carbocycles. The molecular weight excluding hydrogens is 158 g/mol. The van der Waals surface area contributed by atoms with Gasteiger partial charge in [0.2, 0.25) is 5.91 Å². The summed E-state index contributed by atoms with van der Waals surface area (Å²) in [6.07, 6.45) is 2.12. The zero-order valence-corrected chi connectivity index (χ0v) is 8.55. The Labute approximate surface area is 74.4 Å². The Morgan fingerprint density at radius 3 is 1.64 bits per heavy atom. The number of thiocarbonyl (C=S) groups is 1. The van der Waals surface area contributed by atoms with E-state index in [1.807, 2.05) is 0 Å². The van der Waals surface area contributed by atoms with Crippen molar-refractivity contribution in [3.05, 3.63) is 0 Å². The molecular formula is C8H17NOS. The number of carbonyl (C=O) groups excluding carboxylic acids is 1. The van der Waals surface area contributed by atoms with Crippen LogP contribution < -0.4 is 5.32 Å². The molecule has 0 aromatic heterocycles. The SMILES string of the molecule is CCC(=S)CC.CNC(C)=O. The fraction of sp³-hybridized carbons (Fsp3) is 0.750. The summed E-state index contributed by atoms with van der Waals surface area (Å²) in [5.74, 6) is 0.00463. The van der Waals surface area contributed by atoms with E-state index in [1.54, 1.807) is 7.05 Å². The molecule has 0 aromatic carbocycles. The van der Waals surface area contributed by atoms with E-state index in [4.69, 9.17) is 12.2 Å². The highest BCUT2D eigenvalue weighted by Gasteiger charge is 1.81. The van der Waals surface area contributed by atoms with Gasteiger partial charge in [0.25, 0.3) is 0 Å². The summed E-state index contributed by atoms with van der Waals surface area (Å²) >= 11 is 4.86. The van der Waals surface area contributed by atoms with Gasteiger partial charge >= 0.3 is 0 Å². The summed E-state index contributed by atoms with van der Waals surface area (Å²) < 4.78 is 0. The Kier molecular flexibility index (Phi) is 11.4. The Morgan fingerprint density at radius 2 is 1.64 bits per heavy atom. The first-order valence-corrected chi connectivity index (χ1v) is 4.19. The van der Waals surface area contributed by atoms with Crippen LogP contribution in [-0.4, -0.2) is 17.8 Å². The molecule has 0 aromatic rings. The lowest BCUT2D eigenvalue weighted by atomic mass is 10.3. The number of carbonyl (C=O) groups is 1. The Hall–Kier alpha value is -0.440. The maximum absolute atomic E-state index is 9.70. The van der Waals surface area contributed by atoms with E-state index in [9.17, 15) is 4.79 Å². The van der Waals surface area contributed by atoms with Crippen LogP contribution in [0.5, 0.6) is 0 Å². The third-order valence-electron chi connectivity index (χ3n) is 1.14. The largest absolute Gasteiger partial charge is 0.359 e. The molecule has 0 unspecified atom stereocenters. The second-order valence-electron chi connectivity index (χ2n) is 2.05. The molecule has 3 heteroatoms. The van der Waals surface area contributed by atoms with Crippen molar-refractivity contribution in [3.63, 3.8) is 0 Å². The summed E-state index contributed by atoms with van der Waals surface area (Å²) in [6.45, 7) is 5.65. The number of nitrogens with one attached hydrogen (secondary N) is 1. The van der Waals surface area contributed by atoms with Crippen molar-refractivity contribution in [1.29, 1.82) is 0 Å². The third-order valence-corrected chi connectivity index (χ3v) is 1.72. The monoisotopic (exact) mass is 175 g/mol. The molecule has 1 amide bonds. The summed E-state index contributed by atoms with van der Waals surface area (Å²) in [5, 5.41) is 2.39. The fourth-order valence-corrected chi connectivity index (χ4v) is 0.250. The summed E-state index contributed by atoms with van der Waals surface area (Å²) in [4.78, 5) is 10.9. The van der Waals surface area contributed by atoms with E-state index < -0.39 is 0 Å². The van der Waals surface area contributed by atoms with Crippen LogP contribution in [0.2, 0.25) is 0 Å². The molecule has 11 heavy (non-hydrogen) atoms. The highest BCUT2D eigenvalue weighted by Crippen LogP contribution is 1.87. The van der Waals surface area contributed by atoms with E-state index in [-0.39, 0.29) is 5.91 Å². The molecule has 0 spiro atoms. The normalized spacial score (nSPS) is 7.64. The molecule has 0 heterocycles. The van der Waals surface area contributed by atoms with E-state index in [0.29, 0.717) is 0 Å². The first kappa shape index (κ1) is 13.2. The predicted molar refractivity (Wildman–Crippen MR) is 52.9 cm³/mol. The number of hydrogen-bond acceptors (Lipinski definition) is 2. The number of amides is 1. The van der Waals surface area contributed by atoms with Gasteiger partial charge in [-0.2, -0.15) is 0 Å². The molecule has 0 saturated carbocycles. The van der Waals surface area contributed by atoms with Gasteiger partial charge in [-0.25, -0.2) is 0 Å². The highest BCUT2D eigenvalue weighted by molar-refractivity contribution is 7.80. The zero-order chi connectivity index (χ0) is 9.28. The lowest BCUT2D eigenvalue weighted by molar-refractivity contribution is -0.118. The minimum absolute atomic E-state index is 0.00463. The molecule has 0 aliphatic rings. The van der Waals surface area contributed by atoms with E-state index in [1.165, 1.54) is 11.8 Å². The van der Waals surface area contributed by atoms with Crippen molar-refractivity contribution >= 4 is 23.0 Å². The van der Waals surface area contributed by atoms with Gasteiger partial charge in [0.1, 0.15) is 0 Å². The van der Waals surface area contributed by atoms with Crippen LogP contribution in [0.4, 0.5) is 0 Å². The van der Waals surface area contributed by atoms with Crippen molar-refractivity contribution in [1.82, 2.24) is 5.32 Å². The molecule has 66 valence electrons. The van der Waals surface area contributed by atoms with Crippen molar-refractivity contribution < 1.29 is 4.79 Å². The van der Waals surface area contributed by atoms with Gasteiger partial charge in [-0.3, -0.25) is 4.79 Å². The van der Waals surface area contributed by atoms with Gasteiger partial charge in [-0.05, 0) is 17.7 Å². The first-order chi connectivity index (χ1) is 5.08. The third kappa shape index (κ3) is 17.7.